The van der Waals surface area contributed by atoms with Crippen molar-refractivity contribution in [3.05, 3.63) is 45.6 Å². The van der Waals surface area contributed by atoms with E-state index in [0.29, 0.717) is 17.3 Å². The summed E-state index contributed by atoms with van der Waals surface area (Å²) in [5, 5.41) is 9.77. The van der Waals surface area contributed by atoms with Gasteiger partial charge in [-0.3, -0.25) is 9.89 Å². The number of amides is 1. The summed E-state index contributed by atoms with van der Waals surface area (Å²) in [6, 6.07) is 7.47. The molecule has 0 aliphatic heterocycles. The molecule has 0 aliphatic carbocycles. The summed E-state index contributed by atoms with van der Waals surface area (Å²) in [7, 11) is 0. The Balaban J connectivity index is 2.16. The molecule has 5 heteroatoms. The molecule has 1 heterocycles. The van der Waals surface area contributed by atoms with Crippen LogP contribution in [0, 0.1) is 6.92 Å². The Morgan fingerprint density at radius 3 is 2.68 bits per heavy atom. The minimum atomic E-state index is -0.173. The van der Waals surface area contributed by atoms with E-state index in [-0.39, 0.29) is 5.91 Å². The minimum absolute atomic E-state index is 0.173. The van der Waals surface area contributed by atoms with Crippen LogP contribution < -0.4 is 5.32 Å². The second kappa shape index (κ2) is 5.57. The zero-order valence-electron chi connectivity index (χ0n) is 11.1. The van der Waals surface area contributed by atoms with Crippen molar-refractivity contribution in [2.75, 3.05) is 5.32 Å². The molecule has 0 saturated heterocycles. The predicted molar refractivity (Wildman–Crippen MR) is 79.5 cm³/mol. The summed E-state index contributed by atoms with van der Waals surface area (Å²) < 4.78 is 0.782. The Labute approximate surface area is 120 Å². The average molecular weight is 322 g/mol. The Kier molecular flexibility index (Phi) is 4.04. The van der Waals surface area contributed by atoms with Gasteiger partial charge in [-0.1, -0.05) is 19.9 Å². The van der Waals surface area contributed by atoms with E-state index in [1.807, 2.05) is 25.1 Å². The van der Waals surface area contributed by atoms with Gasteiger partial charge in [0, 0.05) is 16.2 Å². The first-order valence-corrected chi connectivity index (χ1v) is 6.89. The molecule has 0 bridgehead atoms. The van der Waals surface area contributed by atoms with Gasteiger partial charge in [-0.05, 0) is 46.5 Å². The highest BCUT2D eigenvalue weighted by Crippen LogP contribution is 2.20. The van der Waals surface area contributed by atoms with E-state index in [4.69, 9.17) is 0 Å². The van der Waals surface area contributed by atoms with Crippen molar-refractivity contribution in [2.45, 2.75) is 26.7 Å². The lowest BCUT2D eigenvalue weighted by Crippen LogP contribution is -2.12. The van der Waals surface area contributed by atoms with E-state index >= 15 is 0 Å². The number of hydrogen-bond acceptors (Lipinski definition) is 2. The lowest BCUT2D eigenvalue weighted by Gasteiger charge is -2.05. The maximum Gasteiger partial charge on any atom is 0.258 e. The van der Waals surface area contributed by atoms with Crippen LogP contribution in [0.15, 0.2) is 28.7 Å². The number of carbonyl (C=O) groups is 1. The number of benzene rings is 1. The smallest absolute Gasteiger partial charge is 0.258 e. The van der Waals surface area contributed by atoms with Crippen LogP contribution >= 0.6 is 15.9 Å². The van der Waals surface area contributed by atoms with Crippen molar-refractivity contribution in [2.24, 2.45) is 0 Å². The lowest BCUT2D eigenvalue weighted by atomic mass is 10.1. The normalized spacial score (nSPS) is 10.8. The first-order valence-electron chi connectivity index (χ1n) is 6.10. The second-order valence-electron chi connectivity index (χ2n) is 4.80. The number of aryl methyl sites for hydroxylation is 1. The van der Waals surface area contributed by atoms with E-state index in [1.165, 1.54) is 0 Å². The van der Waals surface area contributed by atoms with Gasteiger partial charge in [0.1, 0.15) is 0 Å². The van der Waals surface area contributed by atoms with Gasteiger partial charge in [-0.2, -0.15) is 5.10 Å². The fourth-order valence-electron chi connectivity index (χ4n) is 1.68. The largest absolute Gasteiger partial charge is 0.305 e. The third-order valence-corrected chi connectivity index (χ3v) is 3.49. The number of nitrogens with zero attached hydrogens (tertiary/aromatic N) is 1. The molecule has 2 N–H and O–H groups in total. The molecule has 0 atom stereocenters. The summed E-state index contributed by atoms with van der Waals surface area (Å²) in [5.41, 5.74) is 2.70. The Morgan fingerprint density at radius 2 is 2.11 bits per heavy atom. The number of anilines is 1. The van der Waals surface area contributed by atoms with Crippen LogP contribution in [-0.2, 0) is 0 Å². The van der Waals surface area contributed by atoms with Crippen LogP contribution in [0.1, 0.15) is 41.4 Å². The standard InChI is InChI=1S/C14H16BrN3O/c1-8(2)12-7-13(18-17-12)16-14(19)10-5-4-9(3)6-11(10)15/h4-8H,1-3H3,(H2,16,17,18,19). The minimum Gasteiger partial charge on any atom is -0.305 e. The van der Waals surface area contributed by atoms with Crippen LogP contribution in [0.2, 0.25) is 0 Å². The van der Waals surface area contributed by atoms with Crippen LogP contribution in [0.5, 0.6) is 0 Å². The molecule has 100 valence electrons. The number of aromatic nitrogens is 2. The topological polar surface area (TPSA) is 57.8 Å². The highest BCUT2D eigenvalue weighted by molar-refractivity contribution is 9.10. The number of carbonyl (C=O) groups excluding carboxylic acids is 1. The van der Waals surface area contributed by atoms with Gasteiger partial charge in [0.2, 0.25) is 0 Å². The zero-order valence-corrected chi connectivity index (χ0v) is 12.7. The number of nitrogens with one attached hydrogen (secondary N) is 2. The maximum absolute atomic E-state index is 12.1. The van der Waals surface area contributed by atoms with E-state index in [2.05, 4.69) is 45.3 Å². The van der Waals surface area contributed by atoms with Gasteiger partial charge in [-0.25, -0.2) is 0 Å². The fraction of sp³-hybridized carbons (Fsp3) is 0.286. The van der Waals surface area contributed by atoms with Gasteiger partial charge in [-0.15, -0.1) is 0 Å². The first kappa shape index (κ1) is 13.8. The van der Waals surface area contributed by atoms with E-state index < -0.39 is 0 Å². The quantitative estimate of drug-likeness (QED) is 0.901. The molecule has 1 aromatic carbocycles. The van der Waals surface area contributed by atoms with Crippen molar-refractivity contribution in [3.63, 3.8) is 0 Å². The van der Waals surface area contributed by atoms with Crippen LogP contribution in [-0.4, -0.2) is 16.1 Å². The number of halogens is 1. The molecule has 0 saturated carbocycles. The van der Waals surface area contributed by atoms with Crippen molar-refractivity contribution in [3.8, 4) is 0 Å². The number of hydrogen-bond donors (Lipinski definition) is 2. The van der Waals surface area contributed by atoms with Gasteiger partial charge >= 0.3 is 0 Å². The predicted octanol–water partition coefficient (Wildman–Crippen LogP) is 3.86. The van der Waals surface area contributed by atoms with Crippen LogP contribution in [0.25, 0.3) is 0 Å². The average Bonchev–Trinajstić information content (AvgIpc) is 2.77. The Morgan fingerprint density at radius 1 is 1.37 bits per heavy atom. The molecule has 0 unspecified atom stereocenters. The van der Waals surface area contributed by atoms with E-state index in [1.54, 1.807) is 6.07 Å². The zero-order chi connectivity index (χ0) is 14.0. The summed E-state index contributed by atoms with van der Waals surface area (Å²) in [5.74, 6) is 0.721. The first-order chi connectivity index (χ1) is 8.97. The number of aromatic amines is 1. The van der Waals surface area contributed by atoms with Gasteiger partial charge in [0.25, 0.3) is 5.91 Å². The molecule has 4 nitrogen and oxygen atoms in total. The van der Waals surface area contributed by atoms with Crippen molar-refractivity contribution in [1.29, 1.82) is 0 Å². The molecule has 2 aromatic rings. The Bertz CT molecular complexity index is 604. The van der Waals surface area contributed by atoms with Gasteiger partial charge < -0.3 is 5.32 Å². The van der Waals surface area contributed by atoms with Crippen LogP contribution in [0.4, 0.5) is 5.82 Å². The summed E-state index contributed by atoms with van der Waals surface area (Å²) in [6.07, 6.45) is 0. The third-order valence-electron chi connectivity index (χ3n) is 2.83. The highest BCUT2D eigenvalue weighted by atomic mass is 79.9. The highest BCUT2D eigenvalue weighted by Gasteiger charge is 2.12. The van der Waals surface area contributed by atoms with Crippen molar-refractivity contribution >= 4 is 27.7 Å². The lowest BCUT2D eigenvalue weighted by molar-refractivity contribution is 0.102. The molecule has 1 aromatic heterocycles. The molecule has 0 radical (unpaired) electrons. The molecule has 0 spiro atoms. The SMILES string of the molecule is Cc1ccc(C(=O)Nc2cc(C(C)C)[nH]n2)c(Br)c1. The van der Waals surface area contributed by atoms with Crippen molar-refractivity contribution in [1.82, 2.24) is 10.2 Å². The Hall–Kier alpha value is -1.62. The third kappa shape index (κ3) is 3.23. The summed E-state index contributed by atoms with van der Waals surface area (Å²) >= 11 is 3.40. The monoisotopic (exact) mass is 321 g/mol. The number of H-pyrrole nitrogens is 1. The van der Waals surface area contributed by atoms with Crippen LogP contribution in [0.3, 0.4) is 0 Å². The second-order valence-corrected chi connectivity index (χ2v) is 5.65. The van der Waals surface area contributed by atoms with E-state index in [0.717, 1.165) is 15.7 Å². The molecular formula is C14H16BrN3O. The number of rotatable bonds is 3. The molecule has 1 amide bonds. The molecule has 0 fully saturated rings. The van der Waals surface area contributed by atoms with Gasteiger partial charge in [0.15, 0.2) is 5.82 Å². The molecule has 2 rings (SSSR count). The molecule has 19 heavy (non-hydrogen) atoms. The van der Waals surface area contributed by atoms with Gasteiger partial charge in [0.05, 0.1) is 5.56 Å². The van der Waals surface area contributed by atoms with E-state index in [9.17, 15) is 4.79 Å². The summed E-state index contributed by atoms with van der Waals surface area (Å²) in [6.45, 7) is 6.11. The van der Waals surface area contributed by atoms with Crippen molar-refractivity contribution < 1.29 is 4.79 Å². The fourth-order valence-corrected chi connectivity index (χ4v) is 2.36. The molecular weight excluding hydrogens is 306 g/mol. The summed E-state index contributed by atoms with van der Waals surface area (Å²) in [4.78, 5) is 12.1. The molecule has 0 aliphatic rings. The maximum atomic E-state index is 12.1.